The number of hydrogen-bond acceptors (Lipinski definition) is 4. The van der Waals surface area contributed by atoms with Crippen molar-refractivity contribution in [3.63, 3.8) is 0 Å². The molecule has 5 nitrogen and oxygen atoms in total. The number of hydrogen-bond donors (Lipinski definition) is 0. The Morgan fingerprint density at radius 1 is 1.11 bits per heavy atom. The molecular weight excluding hydrogens is 352 g/mol. The Labute approximate surface area is 163 Å². The van der Waals surface area contributed by atoms with Gasteiger partial charge < -0.3 is 14.4 Å². The minimum atomic E-state index is 0.114. The summed E-state index contributed by atoms with van der Waals surface area (Å²) in [5.41, 5.74) is 2.81. The number of nitrogens with zero attached hydrogens (tertiary/aromatic N) is 2. The van der Waals surface area contributed by atoms with Gasteiger partial charge >= 0.3 is 0 Å². The summed E-state index contributed by atoms with van der Waals surface area (Å²) in [6, 6.07) is 14.1. The Balaban J connectivity index is 1.50. The van der Waals surface area contributed by atoms with E-state index in [0.717, 1.165) is 59.5 Å². The predicted molar refractivity (Wildman–Crippen MR) is 107 cm³/mol. The molecule has 5 heteroatoms. The van der Waals surface area contributed by atoms with E-state index in [9.17, 15) is 4.79 Å². The molecule has 28 heavy (non-hydrogen) atoms. The Bertz CT molecular complexity index is 1040. The molecule has 2 atom stereocenters. The molecule has 1 amide bonds. The van der Waals surface area contributed by atoms with E-state index in [1.54, 1.807) is 19.5 Å². The maximum atomic E-state index is 13.0. The molecule has 142 valence electrons. The highest BCUT2D eigenvalue weighted by atomic mass is 16.5. The number of likely N-dealkylation sites (tertiary alicyclic amines) is 1. The van der Waals surface area contributed by atoms with Crippen LogP contribution in [0.25, 0.3) is 21.9 Å². The SMILES string of the molecule is COc1cnccc1-c1cccc2cc(C(=O)N3C[C@H]4COC[C@H]4C3)ccc12. The maximum Gasteiger partial charge on any atom is 0.253 e. The fourth-order valence-electron chi connectivity index (χ4n) is 4.45. The summed E-state index contributed by atoms with van der Waals surface area (Å²) >= 11 is 0. The summed E-state index contributed by atoms with van der Waals surface area (Å²) in [4.78, 5) is 19.2. The average Bonchev–Trinajstić information content (AvgIpc) is 3.34. The van der Waals surface area contributed by atoms with Gasteiger partial charge in [-0.3, -0.25) is 9.78 Å². The van der Waals surface area contributed by atoms with Gasteiger partial charge in [0.2, 0.25) is 0 Å². The molecule has 0 bridgehead atoms. The number of pyridine rings is 1. The van der Waals surface area contributed by atoms with Crippen molar-refractivity contribution in [3.8, 4) is 16.9 Å². The minimum absolute atomic E-state index is 0.114. The summed E-state index contributed by atoms with van der Waals surface area (Å²) in [5.74, 6) is 1.84. The molecule has 3 heterocycles. The largest absolute Gasteiger partial charge is 0.494 e. The summed E-state index contributed by atoms with van der Waals surface area (Å²) in [6.07, 6.45) is 3.49. The second-order valence-electron chi connectivity index (χ2n) is 7.59. The lowest BCUT2D eigenvalue weighted by Gasteiger charge is -2.18. The number of aromatic nitrogens is 1. The highest BCUT2D eigenvalue weighted by Crippen LogP contribution is 2.35. The van der Waals surface area contributed by atoms with Crippen LogP contribution in [0.5, 0.6) is 5.75 Å². The highest BCUT2D eigenvalue weighted by molar-refractivity contribution is 6.03. The standard InChI is InChI=1S/C23H22N2O3/c1-27-22-10-24-8-7-21(22)20-4-2-3-15-9-16(5-6-19(15)20)23(26)25-11-17-13-28-14-18(17)12-25/h2-10,17-18H,11-14H2,1H3/t17-,18+. The number of carbonyl (C=O) groups is 1. The normalized spacial score (nSPS) is 21.1. The molecule has 5 rings (SSSR count). The van der Waals surface area contributed by atoms with Crippen molar-refractivity contribution >= 4 is 16.7 Å². The van der Waals surface area contributed by atoms with Crippen molar-refractivity contribution in [3.05, 3.63) is 60.4 Å². The molecule has 2 aliphatic rings. The smallest absolute Gasteiger partial charge is 0.253 e. The van der Waals surface area contributed by atoms with Gasteiger partial charge in [-0.05, 0) is 34.5 Å². The van der Waals surface area contributed by atoms with Gasteiger partial charge in [-0.1, -0.05) is 24.3 Å². The van der Waals surface area contributed by atoms with Crippen LogP contribution in [0.2, 0.25) is 0 Å². The zero-order valence-electron chi connectivity index (χ0n) is 15.8. The third-order valence-corrected chi connectivity index (χ3v) is 5.95. The topological polar surface area (TPSA) is 51.7 Å². The molecule has 2 aliphatic heterocycles. The molecule has 0 aliphatic carbocycles. The number of fused-ring (bicyclic) bond motifs is 2. The molecule has 2 saturated heterocycles. The van der Waals surface area contributed by atoms with Crippen LogP contribution in [-0.2, 0) is 4.74 Å². The van der Waals surface area contributed by atoms with E-state index in [2.05, 4.69) is 17.1 Å². The van der Waals surface area contributed by atoms with Crippen molar-refractivity contribution < 1.29 is 14.3 Å². The van der Waals surface area contributed by atoms with Gasteiger partial charge in [0.05, 0.1) is 26.5 Å². The van der Waals surface area contributed by atoms with E-state index < -0.39 is 0 Å². The lowest BCUT2D eigenvalue weighted by atomic mass is 9.97. The van der Waals surface area contributed by atoms with Gasteiger partial charge in [0.25, 0.3) is 5.91 Å². The molecule has 0 spiro atoms. The minimum Gasteiger partial charge on any atom is -0.494 e. The monoisotopic (exact) mass is 374 g/mol. The van der Waals surface area contributed by atoms with Gasteiger partial charge in [-0.25, -0.2) is 0 Å². The Morgan fingerprint density at radius 3 is 2.71 bits per heavy atom. The molecule has 0 radical (unpaired) electrons. The third-order valence-electron chi connectivity index (χ3n) is 5.95. The van der Waals surface area contributed by atoms with Gasteiger partial charge in [0, 0.05) is 42.2 Å². The zero-order chi connectivity index (χ0) is 19.1. The molecule has 2 fully saturated rings. The van der Waals surface area contributed by atoms with Crippen LogP contribution < -0.4 is 4.74 Å². The fraction of sp³-hybridized carbons (Fsp3) is 0.304. The second kappa shape index (κ2) is 6.91. The van der Waals surface area contributed by atoms with Crippen LogP contribution >= 0.6 is 0 Å². The number of amides is 1. The van der Waals surface area contributed by atoms with Crippen LogP contribution in [0.4, 0.5) is 0 Å². The number of carbonyl (C=O) groups excluding carboxylic acids is 1. The van der Waals surface area contributed by atoms with Crippen molar-refractivity contribution in [2.45, 2.75) is 0 Å². The third kappa shape index (κ3) is 2.83. The van der Waals surface area contributed by atoms with E-state index in [1.165, 1.54) is 0 Å². The van der Waals surface area contributed by atoms with E-state index in [4.69, 9.17) is 9.47 Å². The highest BCUT2D eigenvalue weighted by Gasteiger charge is 2.39. The first kappa shape index (κ1) is 17.2. The Morgan fingerprint density at radius 2 is 1.93 bits per heavy atom. The number of rotatable bonds is 3. The molecular formula is C23H22N2O3. The summed E-state index contributed by atoms with van der Waals surface area (Å²) in [7, 11) is 1.65. The molecule has 1 aromatic heterocycles. The summed E-state index contributed by atoms with van der Waals surface area (Å²) in [5, 5.41) is 2.14. The summed E-state index contributed by atoms with van der Waals surface area (Å²) in [6.45, 7) is 3.16. The Kier molecular flexibility index (Phi) is 4.24. The molecule has 3 aromatic rings. The quantitative estimate of drug-likeness (QED) is 0.703. The lowest BCUT2D eigenvalue weighted by Crippen LogP contribution is -2.30. The number of methoxy groups -OCH3 is 1. The van der Waals surface area contributed by atoms with Gasteiger partial charge in [0.15, 0.2) is 0 Å². The lowest BCUT2D eigenvalue weighted by molar-refractivity contribution is 0.0751. The van der Waals surface area contributed by atoms with Gasteiger partial charge in [-0.2, -0.15) is 0 Å². The van der Waals surface area contributed by atoms with Crippen LogP contribution in [-0.4, -0.2) is 49.2 Å². The second-order valence-corrected chi connectivity index (χ2v) is 7.59. The van der Waals surface area contributed by atoms with Crippen LogP contribution in [0.3, 0.4) is 0 Å². The van der Waals surface area contributed by atoms with Crippen LogP contribution in [0, 0.1) is 11.8 Å². The Hall–Kier alpha value is -2.92. The van der Waals surface area contributed by atoms with Crippen molar-refractivity contribution in [1.29, 1.82) is 0 Å². The zero-order valence-corrected chi connectivity index (χ0v) is 15.8. The molecule has 0 saturated carbocycles. The van der Waals surface area contributed by atoms with Crippen LogP contribution in [0.15, 0.2) is 54.9 Å². The fourth-order valence-corrected chi connectivity index (χ4v) is 4.45. The molecule has 0 N–H and O–H groups in total. The predicted octanol–water partition coefficient (Wildman–Crippen LogP) is 3.63. The van der Waals surface area contributed by atoms with E-state index in [0.29, 0.717) is 11.8 Å². The van der Waals surface area contributed by atoms with E-state index in [-0.39, 0.29) is 5.91 Å². The van der Waals surface area contributed by atoms with Gasteiger partial charge in [0.1, 0.15) is 5.75 Å². The number of benzene rings is 2. The van der Waals surface area contributed by atoms with Crippen molar-refractivity contribution in [2.24, 2.45) is 11.8 Å². The number of ether oxygens (including phenoxy) is 2. The average molecular weight is 374 g/mol. The van der Waals surface area contributed by atoms with Crippen LogP contribution in [0.1, 0.15) is 10.4 Å². The first-order valence-corrected chi connectivity index (χ1v) is 9.63. The van der Waals surface area contributed by atoms with Gasteiger partial charge in [-0.15, -0.1) is 0 Å². The summed E-state index contributed by atoms with van der Waals surface area (Å²) < 4.78 is 11.0. The first-order chi connectivity index (χ1) is 13.7. The van der Waals surface area contributed by atoms with E-state index in [1.807, 2.05) is 35.2 Å². The first-order valence-electron chi connectivity index (χ1n) is 9.63. The molecule has 0 unspecified atom stereocenters. The van der Waals surface area contributed by atoms with E-state index >= 15 is 0 Å². The molecule has 2 aromatic carbocycles. The maximum absolute atomic E-state index is 13.0. The van der Waals surface area contributed by atoms with Crippen molar-refractivity contribution in [1.82, 2.24) is 9.88 Å². The van der Waals surface area contributed by atoms with Crippen molar-refractivity contribution in [2.75, 3.05) is 33.4 Å².